The summed E-state index contributed by atoms with van der Waals surface area (Å²) in [7, 11) is 0. The summed E-state index contributed by atoms with van der Waals surface area (Å²) < 4.78 is 11.3. The Kier molecular flexibility index (Phi) is 8.49. The number of carbonyl (C=O) groups is 1. The molecule has 0 rings (SSSR count). The highest BCUT2D eigenvalue weighted by molar-refractivity contribution is 5.79. The van der Waals surface area contributed by atoms with E-state index in [1.807, 2.05) is 0 Å². The van der Waals surface area contributed by atoms with Crippen LogP contribution in [-0.4, -0.2) is 24.3 Å². The number of hydrogen-bond donors (Lipinski definition) is 0. The summed E-state index contributed by atoms with van der Waals surface area (Å²) in [6.07, 6.45) is 3.18. The van der Waals surface area contributed by atoms with E-state index in [0.29, 0.717) is 0 Å². The molecule has 0 atom stereocenters. The van der Waals surface area contributed by atoms with Crippen molar-refractivity contribution >= 4 is 5.78 Å². The lowest BCUT2D eigenvalue weighted by Crippen LogP contribution is -2.33. The zero-order chi connectivity index (χ0) is 12.6. The topological polar surface area (TPSA) is 35.5 Å². The lowest BCUT2D eigenvalue weighted by Gasteiger charge is -2.25. The van der Waals surface area contributed by atoms with E-state index in [2.05, 4.69) is 27.7 Å². The SMILES string of the molecule is CCC(CC)OC(OC(CC)CC)C(C)=O. The van der Waals surface area contributed by atoms with E-state index in [-0.39, 0.29) is 18.0 Å². The van der Waals surface area contributed by atoms with Gasteiger partial charge in [-0.2, -0.15) is 0 Å². The second-order valence-corrected chi connectivity index (χ2v) is 4.09. The van der Waals surface area contributed by atoms with Gasteiger partial charge in [0.05, 0.1) is 12.2 Å². The summed E-state index contributed by atoms with van der Waals surface area (Å²) in [5.41, 5.74) is 0. The van der Waals surface area contributed by atoms with Crippen LogP contribution in [0.2, 0.25) is 0 Å². The van der Waals surface area contributed by atoms with Gasteiger partial charge in [0.15, 0.2) is 5.78 Å². The van der Waals surface area contributed by atoms with Crippen molar-refractivity contribution in [3.05, 3.63) is 0 Å². The molecule has 0 aliphatic rings. The number of ketones is 1. The maximum atomic E-state index is 11.4. The van der Waals surface area contributed by atoms with E-state index in [9.17, 15) is 4.79 Å². The van der Waals surface area contributed by atoms with Gasteiger partial charge in [0.1, 0.15) is 0 Å². The third-order valence-electron chi connectivity index (χ3n) is 2.79. The van der Waals surface area contributed by atoms with Crippen LogP contribution < -0.4 is 0 Å². The van der Waals surface area contributed by atoms with Crippen LogP contribution in [0.5, 0.6) is 0 Å². The second-order valence-electron chi connectivity index (χ2n) is 4.09. The highest BCUT2D eigenvalue weighted by Gasteiger charge is 2.22. The van der Waals surface area contributed by atoms with Crippen molar-refractivity contribution in [3.8, 4) is 0 Å². The molecule has 0 aliphatic heterocycles. The smallest absolute Gasteiger partial charge is 0.218 e. The first kappa shape index (κ1) is 15.6. The van der Waals surface area contributed by atoms with Gasteiger partial charge < -0.3 is 9.47 Å². The average Bonchev–Trinajstić information content (AvgIpc) is 2.29. The van der Waals surface area contributed by atoms with Crippen LogP contribution in [0.25, 0.3) is 0 Å². The van der Waals surface area contributed by atoms with Gasteiger partial charge in [-0.25, -0.2) is 0 Å². The van der Waals surface area contributed by atoms with Gasteiger partial charge in [0, 0.05) is 0 Å². The predicted molar refractivity (Wildman–Crippen MR) is 65.4 cm³/mol. The molecule has 0 heterocycles. The highest BCUT2D eigenvalue weighted by Crippen LogP contribution is 2.13. The quantitative estimate of drug-likeness (QED) is 0.570. The zero-order valence-electron chi connectivity index (χ0n) is 11.3. The van der Waals surface area contributed by atoms with Crippen molar-refractivity contribution < 1.29 is 14.3 Å². The molecule has 0 N–H and O–H groups in total. The molecule has 96 valence electrons. The number of ether oxygens (including phenoxy) is 2. The third-order valence-corrected chi connectivity index (χ3v) is 2.79. The number of hydrogen-bond acceptors (Lipinski definition) is 3. The molecule has 0 aliphatic carbocycles. The van der Waals surface area contributed by atoms with E-state index in [1.165, 1.54) is 6.92 Å². The molecule has 0 spiro atoms. The molecular formula is C13H26O3. The van der Waals surface area contributed by atoms with Crippen LogP contribution in [0.1, 0.15) is 60.3 Å². The molecule has 0 radical (unpaired) electrons. The molecule has 0 amide bonds. The lowest BCUT2D eigenvalue weighted by atomic mass is 10.2. The molecule has 3 nitrogen and oxygen atoms in total. The molecule has 3 heteroatoms. The van der Waals surface area contributed by atoms with Crippen LogP contribution in [0.15, 0.2) is 0 Å². The molecule has 0 fully saturated rings. The van der Waals surface area contributed by atoms with E-state index in [0.717, 1.165) is 25.7 Å². The Labute approximate surface area is 99.5 Å². The normalized spacial score (nSPS) is 11.8. The van der Waals surface area contributed by atoms with E-state index >= 15 is 0 Å². The summed E-state index contributed by atoms with van der Waals surface area (Å²) in [5, 5.41) is 0. The van der Waals surface area contributed by atoms with Crippen LogP contribution in [0.4, 0.5) is 0 Å². The zero-order valence-corrected chi connectivity index (χ0v) is 11.3. The van der Waals surface area contributed by atoms with Gasteiger partial charge in [-0.3, -0.25) is 4.79 Å². The summed E-state index contributed by atoms with van der Waals surface area (Å²) in [6.45, 7) is 9.76. The Morgan fingerprint density at radius 1 is 0.875 bits per heavy atom. The predicted octanol–water partition coefficient (Wildman–Crippen LogP) is 3.31. The molecule has 0 aromatic rings. The summed E-state index contributed by atoms with van der Waals surface area (Å²) >= 11 is 0. The third kappa shape index (κ3) is 5.61. The van der Waals surface area contributed by atoms with Gasteiger partial charge in [-0.05, 0) is 32.6 Å². The Morgan fingerprint density at radius 3 is 1.38 bits per heavy atom. The largest absolute Gasteiger partial charge is 0.343 e. The number of rotatable bonds is 9. The van der Waals surface area contributed by atoms with Crippen molar-refractivity contribution in [1.82, 2.24) is 0 Å². The highest BCUT2D eigenvalue weighted by atomic mass is 16.7. The van der Waals surface area contributed by atoms with Crippen molar-refractivity contribution in [1.29, 1.82) is 0 Å². The van der Waals surface area contributed by atoms with Crippen molar-refractivity contribution in [2.45, 2.75) is 78.8 Å². The lowest BCUT2D eigenvalue weighted by molar-refractivity contribution is -0.198. The van der Waals surface area contributed by atoms with Crippen LogP contribution in [0.3, 0.4) is 0 Å². The van der Waals surface area contributed by atoms with Gasteiger partial charge in [-0.1, -0.05) is 27.7 Å². The van der Waals surface area contributed by atoms with Gasteiger partial charge >= 0.3 is 0 Å². The molecule has 0 saturated carbocycles. The second kappa shape index (κ2) is 8.71. The minimum absolute atomic E-state index is 0.0428. The monoisotopic (exact) mass is 230 g/mol. The van der Waals surface area contributed by atoms with Crippen molar-refractivity contribution in [2.24, 2.45) is 0 Å². The minimum Gasteiger partial charge on any atom is -0.343 e. The number of Topliss-reactive ketones (excluding diaryl/α,β-unsaturated/α-hetero) is 1. The van der Waals surface area contributed by atoms with E-state index in [1.54, 1.807) is 0 Å². The van der Waals surface area contributed by atoms with Crippen LogP contribution >= 0.6 is 0 Å². The van der Waals surface area contributed by atoms with Crippen molar-refractivity contribution in [2.75, 3.05) is 0 Å². The first-order valence-corrected chi connectivity index (χ1v) is 6.40. The van der Waals surface area contributed by atoms with E-state index in [4.69, 9.17) is 9.47 Å². The van der Waals surface area contributed by atoms with E-state index < -0.39 is 6.29 Å². The summed E-state index contributed by atoms with van der Waals surface area (Å²) in [5.74, 6) is -0.0428. The Morgan fingerprint density at radius 2 is 1.19 bits per heavy atom. The van der Waals surface area contributed by atoms with Crippen LogP contribution in [0, 0.1) is 0 Å². The maximum Gasteiger partial charge on any atom is 0.218 e. The fourth-order valence-electron chi connectivity index (χ4n) is 1.54. The average molecular weight is 230 g/mol. The fraction of sp³-hybridized carbons (Fsp3) is 0.923. The Balaban J connectivity index is 4.31. The van der Waals surface area contributed by atoms with Crippen molar-refractivity contribution in [3.63, 3.8) is 0 Å². The van der Waals surface area contributed by atoms with Gasteiger partial charge in [0.25, 0.3) is 0 Å². The maximum absolute atomic E-state index is 11.4. The minimum atomic E-state index is -0.685. The molecule has 0 aromatic carbocycles. The first-order valence-electron chi connectivity index (χ1n) is 6.40. The molecule has 0 saturated heterocycles. The first-order chi connectivity index (χ1) is 7.58. The summed E-state index contributed by atoms with van der Waals surface area (Å²) in [6, 6.07) is 0. The van der Waals surface area contributed by atoms with Gasteiger partial charge in [0.2, 0.25) is 6.29 Å². The Bertz CT molecular complexity index is 170. The molecule has 0 bridgehead atoms. The summed E-state index contributed by atoms with van der Waals surface area (Å²) in [4.78, 5) is 11.4. The standard InChI is InChI=1S/C13H26O3/c1-6-11(7-2)15-13(10(5)14)16-12(8-3)9-4/h11-13H,6-9H2,1-5H3. The molecular weight excluding hydrogens is 204 g/mol. The number of carbonyl (C=O) groups excluding carboxylic acids is 1. The molecule has 0 aromatic heterocycles. The fourth-order valence-corrected chi connectivity index (χ4v) is 1.54. The molecule has 16 heavy (non-hydrogen) atoms. The Hall–Kier alpha value is -0.410. The van der Waals surface area contributed by atoms with Crippen LogP contribution in [-0.2, 0) is 14.3 Å². The van der Waals surface area contributed by atoms with Gasteiger partial charge in [-0.15, -0.1) is 0 Å². The molecule has 0 unspecified atom stereocenters.